The van der Waals surface area contributed by atoms with Crippen molar-refractivity contribution in [2.75, 3.05) is 5.32 Å². The Morgan fingerprint density at radius 2 is 1.90 bits per heavy atom. The third-order valence-corrected chi connectivity index (χ3v) is 3.98. The summed E-state index contributed by atoms with van der Waals surface area (Å²) in [5, 5.41) is 3.47. The van der Waals surface area contributed by atoms with Gasteiger partial charge in [0.15, 0.2) is 0 Å². The van der Waals surface area contributed by atoms with E-state index in [9.17, 15) is 4.39 Å². The van der Waals surface area contributed by atoms with Crippen LogP contribution < -0.4 is 5.32 Å². The maximum absolute atomic E-state index is 13.7. The lowest BCUT2D eigenvalue weighted by atomic mass is 10.0. The molecule has 0 fully saturated rings. The predicted octanol–water partition coefficient (Wildman–Crippen LogP) is 5.85. The second-order valence-electron chi connectivity index (χ2n) is 4.98. The minimum absolute atomic E-state index is 0.209. The highest BCUT2D eigenvalue weighted by Crippen LogP contribution is 2.29. The van der Waals surface area contributed by atoms with Gasteiger partial charge in [0.2, 0.25) is 0 Å². The summed E-state index contributed by atoms with van der Waals surface area (Å²) in [7, 11) is 0. The summed E-state index contributed by atoms with van der Waals surface area (Å²) in [5.74, 6) is -0.235. The molecule has 106 valence electrons. The Balaban J connectivity index is 2.27. The van der Waals surface area contributed by atoms with Gasteiger partial charge in [-0.15, -0.1) is 0 Å². The molecule has 1 unspecified atom stereocenters. The average molecular weight is 336 g/mol. The van der Waals surface area contributed by atoms with Gasteiger partial charge in [0.25, 0.3) is 0 Å². The van der Waals surface area contributed by atoms with Gasteiger partial charge in [0.05, 0.1) is 10.5 Å². The van der Waals surface area contributed by atoms with E-state index in [1.54, 1.807) is 6.07 Å². The van der Waals surface area contributed by atoms with E-state index < -0.39 is 0 Å². The third-order valence-electron chi connectivity index (χ3n) is 3.38. The summed E-state index contributed by atoms with van der Waals surface area (Å²) in [4.78, 5) is 0. The molecular weight excluding hydrogens is 317 g/mol. The number of hydrogen-bond acceptors (Lipinski definition) is 1. The van der Waals surface area contributed by atoms with Crippen LogP contribution in [-0.4, -0.2) is 0 Å². The smallest absolute Gasteiger partial charge is 0.139 e. The van der Waals surface area contributed by atoms with Gasteiger partial charge in [-0.2, -0.15) is 0 Å². The molecule has 2 aromatic rings. The highest BCUT2D eigenvalue weighted by atomic mass is 79.9. The number of halogens is 2. The van der Waals surface area contributed by atoms with E-state index in [-0.39, 0.29) is 11.9 Å². The molecule has 0 saturated heterocycles. The number of rotatable bonds is 5. The Bertz CT molecular complexity index is 569. The summed E-state index contributed by atoms with van der Waals surface area (Å²) < 4.78 is 14.2. The predicted molar refractivity (Wildman–Crippen MR) is 86.6 cm³/mol. The molecule has 0 saturated carbocycles. The molecule has 0 radical (unpaired) electrons. The normalized spacial score (nSPS) is 12.2. The Hall–Kier alpha value is -1.35. The molecule has 1 nitrogen and oxygen atoms in total. The first kappa shape index (κ1) is 15.0. The number of anilines is 1. The highest BCUT2D eigenvalue weighted by molar-refractivity contribution is 9.10. The van der Waals surface area contributed by atoms with Crippen molar-refractivity contribution in [1.29, 1.82) is 0 Å². The maximum Gasteiger partial charge on any atom is 0.139 e. The molecule has 0 aliphatic heterocycles. The van der Waals surface area contributed by atoms with Crippen molar-refractivity contribution in [3.63, 3.8) is 0 Å². The minimum atomic E-state index is -0.235. The first-order chi connectivity index (χ1) is 9.61. The van der Waals surface area contributed by atoms with E-state index in [1.807, 2.05) is 31.2 Å². The number of hydrogen-bond donors (Lipinski definition) is 1. The summed E-state index contributed by atoms with van der Waals surface area (Å²) in [5.41, 5.74) is 3.13. The molecule has 0 amide bonds. The largest absolute Gasteiger partial charge is 0.378 e. The Morgan fingerprint density at radius 3 is 2.55 bits per heavy atom. The van der Waals surface area contributed by atoms with Gasteiger partial charge in [-0.25, -0.2) is 4.39 Å². The van der Waals surface area contributed by atoms with Crippen molar-refractivity contribution >= 4 is 21.6 Å². The first-order valence-electron chi connectivity index (χ1n) is 6.89. The molecule has 3 heteroatoms. The molecule has 1 N–H and O–H groups in total. The van der Waals surface area contributed by atoms with Gasteiger partial charge in [-0.3, -0.25) is 0 Å². The van der Waals surface area contributed by atoms with Crippen LogP contribution in [0.3, 0.4) is 0 Å². The van der Waals surface area contributed by atoms with Crippen LogP contribution in [0.1, 0.15) is 36.9 Å². The Labute approximate surface area is 128 Å². The number of nitrogens with one attached hydrogen (secondary N) is 1. The standard InChI is InChI=1S/C17H19BrFN/c1-3-7-16(13-8-5-4-6-9-13)20-17-11-15(19)14(18)10-12(17)2/h4-6,8-11,16,20H,3,7H2,1-2H3. The van der Waals surface area contributed by atoms with E-state index in [2.05, 4.69) is 40.3 Å². The zero-order valence-electron chi connectivity index (χ0n) is 11.8. The second kappa shape index (κ2) is 6.89. The van der Waals surface area contributed by atoms with Gasteiger partial charge >= 0.3 is 0 Å². The molecule has 1 atom stereocenters. The molecular formula is C17H19BrFN. The Morgan fingerprint density at radius 1 is 1.20 bits per heavy atom. The molecule has 0 bridgehead atoms. The Kier molecular flexibility index (Phi) is 5.18. The molecule has 0 aliphatic rings. The molecule has 0 aliphatic carbocycles. The van der Waals surface area contributed by atoms with Gasteiger partial charge < -0.3 is 5.32 Å². The van der Waals surface area contributed by atoms with E-state index in [0.717, 1.165) is 24.1 Å². The van der Waals surface area contributed by atoms with Crippen LogP contribution in [-0.2, 0) is 0 Å². The van der Waals surface area contributed by atoms with Crippen molar-refractivity contribution in [3.8, 4) is 0 Å². The average Bonchev–Trinajstić information content (AvgIpc) is 2.45. The van der Waals surface area contributed by atoms with Crippen LogP contribution in [0.5, 0.6) is 0 Å². The molecule has 20 heavy (non-hydrogen) atoms. The van der Waals surface area contributed by atoms with Crippen LogP contribution >= 0.6 is 15.9 Å². The van der Waals surface area contributed by atoms with Crippen molar-refractivity contribution < 1.29 is 4.39 Å². The van der Waals surface area contributed by atoms with E-state index >= 15 is 0 Å². The SMILES string of the molecule is CCCC(Nc1cc(F)c(Br)cc1C)c1ccccc1. The van der Waals surface area contributed by atoms with E-state index in [4.69, 9.17) is 0 Å². The van der Waals surface area contributed by atoms with Crippen LogP contribution in [0, 0.1) is 12.7 Å². The molecule has 0 spiro atoms. The number of aryl methyl sites for hydroxylation is 1. The van der Waals surface area contributed by atoms with Crippen LogP contribution in [0.15, 0.2) is 46.9 Å². The molecule has 2 rings (SSSR count). The molecule has 0 heterocycles. The quantitative estimate of drug-likeness (QED) is 0.722. The fourth-order valence-corrected chi connectivity index (χ4v) is 2.74. The van der Waals surface area contributed by atoms with Crippen molar-refractivity contribution in [1.82, 2.24) is 0 Å². The summed E-state index contributed by atoms with van der Waals surface area (Å²) >= 11 is 3.22. The van der Waals surface area contributed by atoms with Gasteiger partial charge in [0.1, 0.15) is 5.82 Å². The van der Waals surface area contributed by atoms with Gasteiger partial charge in [-0.05, 0) is 52.5 Å². The lowest BCUT2D eigenvalue weighted by molar-refractivity contribution is 0.619. The zero-order valence-corrected chi connectivity index (χ0v) is 13.4. The minimum Gasteiger partial charge on any atom is -0.378 e. The van der Waals surface area contributed by atoms with Crippen molar-refractivity contribution in [2.45, 2.75) is 32.7 Å². The third kappa shape index (κ3) is 3.60. The van der Waals surface area contributed by atoms with Crippen molar-refractivity contribution in [3.05, 3.63) is 63.9 Å². The summed E-state index contributed by atoms with van der Waals surface area (Å²) in [6, 6.07) is 13.9. The molecule has 0 aromatic heterocycles. The van der Waals surface area contributed by atoms with E-state index in [0.29, 0.717) is 4.47 Å². The van der Waals surface area contributed by atoms with Crippen LogP contribution in [0.25, 0.3) is 0 Å². The summed E-state index contributed by atoms with van der Waals surface area (Å²) in [6.07, 6.45) is 2.09. The fraction of sp³-hybridized carbons (Fsp3) is 0.294. The zero-order chi connectivity index (χ0) is 14.5. The number of benzene rings is 2. The van der Waals surface area contributed by atoms with E-state index in [1.165, 1.54) is 5.56 Å². The van der Waals surface area contributed by atoms with Crippen LogP contribution in [0.4, 0.5) is 10.1 Å². The lowest BCUT2D eigenvalue weighted by Crippen LogP contribution is -2.11. The van der Waals surface area contributed by atoms with Crippen LogP contribution in [0.2, 0.25) is 0 Å². The fourth-order valence-electron chi connectivity index (χ4n) is 2.29. The summed E-state index contributed by atoms with van der Waals surface area (Å²) in [6.45, 7) is 4.15. The second-order valence-corrected chi connectivity index (χ2v) is 5.83. The highest BCUT2D eigenvalue weighted by Gasteiger charge is 2.13. The molecule has 2 aromatic carbocycles. The van der Waals surface area contributed by atoms with Gasteiger partial charge in [-0.1, -0.05) is 43.7 Å². The topological polar surface area (TPSA) is 12.0 Å². The maximum atomic E-state index is 13.7. The van der Waals surface area contributed by atoms with Gasteiger partial charge in [0, 0.05) is 5.69 Å². The monoisotopic (exact) mass is 335 g/mol. The first-order valence-corrected chi connectivity index (χ1v) is 7.68. The lowest BCUT2D eigenvalue weighted by Gasteiger charge is -2.21. The van der Waals surface area contributed by atoms with Crippen molar-refractivity contribution in [2.24, 2.45) is 0 Å².